The number of aromatic nitrogens is 1. The van der Waals surface area contributed by atoms with Gasteiger partial charge in [-0.1, -0.05) is 60.1 Å². The van der Waals surface area contributed by atoms with Crippen molar-refractivity contribution in [2.45, 2.75) is 17.7 Å². The number of ether oxygens (including phenoxy) is 1. The SMILES string of the molecule is CCOc1ccc(-c2cc(-c3ccccc3)c(C#N)c(SCc3ccccc3Cl)n2)cc1. The number of nitriles is 1. The van der Waals surface area contributed by atoms with E-state index in [0.29, 0.717) is 28.0 Å². The number of thioether (sulfide) groups is 1. The van der Waals surface area contributed by atoms with Gasteiger partial charge in [0.2, 0.25) is 0 Å². The lowest BCUT2D eigenvalue weighted by molar-refractivity contribution is 0.340. The average Bonchev–Trinajstić information content (AvgIpc) is 2.84. The summed E-state index contributed by atoms with van der Waals surface area (Å²) in [5.74, 6) is 1.45. The molecule has 3 aromatic carbocycles. The van der Waals surface area contributed by atoms with Crippen LogP contribution in [0.25, 0.3) is 22.4 Å². The minimum atomic E-state index is 0.572. The minimum absolute atomic E-state index is 0.572. The molecule has 0 unspecified atom stereocenters. The normalized spacial score (nSPS) is 10.5. The first-order valence-corrected chi connectivity index (χ1v) is 11.7. The Bertz CT molecular complexity index is 1250. The van der Waals surface area contributed by atoms with Crippen molar-refractivity contribution in [3.63, 3.8) is 0 Å². The van der Waals surface area contributed by atoms with Crippen LogP contribution in [0, 0.1) is 11.3 Å². The Morgan fingerprint density at radius 1 is 0.938 bits per heavy atom. The molecule has 1 aromatic heterocycles. The fourth-order valence-electron chi connectivity index (χ4n) is 3.38. The lowest BCUT2D eigenvalue weighted by Crippen LogP contribution is -1.97. The Morgan fingerprint density at radius 3 is 2.34 bits per heavy atom. The highest BCUT2D eigenvalue weighted by molar-refractivity contribution is 7.98. The van der Waals surface area contributed by atoms with Crippen molar-refractivity contribution in [3.05, 3.63) is 101 Å². The molecule has 5 heteroatoms. The second-order valence-corrected chi connectivity index (χ2v) is 8.42. The van der Waals surface area contributed by atoms with Gasteiger partial charge in [-0.25, -0.2) is 4.98 Å². The topological polar surface area (TPSA) is 45.9 Å². The highest BCUT2D eigenvalue weighted by Crippen LogP contribution is 2.36. The number of pyridine rings is 1. The van der Waals surface area contributed by atoms with E-state index in [1.54, 1.807) is 0 Å². The summed E-state index contributed by atoms with van der Waals surface area (Å²) in [6.45, 7) is 2.58. The van der Waals surface area contributed by atoms with Gasteiger partial charge in [-0.3, -0.25) is 0 Å². The number of halogens is 1. The molecular weight excluding hydrogens is 436 g/mol. The molecule has 0 saturated heterocycles. The van der Waals surface area contributed by atoms with Gasteiger partial charge in [-0.05, 0) is 54.4 Å². The third kappa shape index (κ3) is 4.96. The Balaban J connectivity index is 1.79. The van der Waals surface area contributed by atoms with E-state index in [1.165, 1.54) is 11.8 Å². The van der Waals surface area contributed by atoms with Gasteiger partial charge >= 0.3 is 0 Å². The summed E-state index contributed by atoms with van der Waals surface area (Å²) >= 11 is 7.87. The predicted molar refractivity (Wildman–Crippen MR) is 132 cm³/mol. The van der Waals surface area contributed by atoms with Crippen molar-refractivity contribution < 1.29 is 4.74 Å². The summed E-state index contributed by atoms with van der Waals surface area (Å²) in [6.07, 6.45) is 0. The van der Waals surface area contributed by atoms with E-state index in [9.17, 15) is 5.26 Å². The largest absolute Gasteiger partial charge is 0.494 e. The molecule has 0 radical (unpaired) electrons. The first kappa shape index (κ1) is 22.0. The third-order valence-corrected chi connectivity index (χ3v) is 6.36. The van der Waals surface area contributed by atoms with Crippen LogP contribution in [0.1, 0.15) is 18.1 Å². The fraction of sp³-hybridized carbons (Fsp3) is 0.111. The Labute approximate surface area is 197 Å². The molecule has 0 atom stereocenters. The summed E-state index contributed by atoms with van der Waals surface area (Å²) in [5.41, 5.74) is 5.22. The Kier molecular flexibility index (Phi) is 7.11. The molecule has 0 spiro atoms. The van der Waals surface area contributed by atoms with Crippen molar-refractivity contribution in [2.75, 3.05) is 6.61 Å². The average molecular weight is 457 g/mol. The van der Waals surface area contributed by atoms with E-state index < -0.39 is 0 Å². The van der Waals surface area contributed by atoms with E-state index in [4.69, 9.17) is 21.3 Å². The van der Waals surface area contributed by atoms with Crippen LogP contribution in [0.5, 0.6) is 5.75 Å². The zero-order valence-electron chi connectivity index (χ0n) is 17.6. The Hall–Kier alpha value is -3.26. The van der Waals surface area contributed by atoms with Crippen LogP contribution in [-0.2, 0) is 5.75 Å². The standard InChI is InChI=1S/C27H21ClN2OS/c1-2-31-22-14-12-20(13-15-22)26-16-23(19-8-4-3-5-9-19)24(17-29)27(30-26)32-18-21-10-6-7-11-25(21)28/h3-16H,2,18H2,1H3. The van der Waals surface area contributed by atoms with E-state index in [0.717, 1.165) is 33.7 Å². The molecule has 3 nitrogen and oxygen atoms in total. The molecule has 0 amide bonds. The van der Waals surface area contributed by atoms with Gasteiger partial charge in [0.15, 0.2) is 0 Å². The van der Waals surface area contributed by atoms with Gasteiger partial charge in [0, 0.05) is 21.9 Å². The maximum Gasteiger partial charge on any atom is 0.119 e. The number of hydrogen-bond acceptors (Lipinski definition) is 4. The number of nitrogens with zero attached hydrogens (tertiary/aromatic N) is 2. The second-order valence-electron chi connectivity index (χ2n) is 7.05. The van der Waals surface area contributed by atoms with Crippen LogP contribution in [0.2, 0.25) is 5.02 Å². The molecule has 0 aliphatic carbocycles. The summed E-state index contributed by atoms with van der Waals surface area (Å²) in [6, 6.07) is 29.9. The molecule has 0 fully saturated rings. The van der Waals surface area contributed by atoms with Crippen LogP contribution in [0.15, 0.2) is 90.0 Å². The summed E-state index contributed by atoms with van der Waals surface area (Å²) in [5, 5.41) is 11.4. The van der Waals surface area contributed by atoms with Gasteiger partial charge in [-0.15, -0.1) is 11.8 Å². The maximum atomic E-state index is 10.0. The minimum Gasteiger partial charge on any atom is -0.494 e. The molecule has 158 valence electrons. The zero-order chi connectivity index (χ0) is 22.3. The highest BCUT2D eigenvalue weighted by atomic mass is 35.5. The van der Waals surface area contributed by atoms with Gasteiger partial charge in [-0.2, -0.15) is 5.26 Å². The molecule has 32 heavy (non-hydrogen) atoms. The second kappa shape index (κ2) is 10.4. The summed E-state index contributed by atoms with van der Waals surface area (Å²) in [7, 11) is 0. The van der Waals surface area contributed by atoms with Crippen molar-refractivity contribution in [2.24, 2.45) is 0 Å². The van der Waals surface area contributed by atoms with Crippen LogP contribution in [0.3, 0.4) is 0 Å². The monoisotopic (exact) mass is 456 g/mol. The lowest BCUT2D eigenvalue weighted by Gasteiger charge is -2.13. The Morgan fingerprint density at radius 2 is 1.66 bits per heavy atom. The van der Waals surface area contributed by atoms with Gasteiger partial charge in [0.1, 0.15) is 16.8 Å². The van der Waals surface area contributed by atoms with Crippen LogP contribution in [-0.4, -0.2) is 11.6 Å². The quantitative estimate of drug-likeness (QED) is 0.268. The number of benzene rings is 3. The van der Waals surface area contributed by atoms with E-state index >= 15 is 0 Å². The van der Waals surface area contributed by atoms with Gasteiger partial charge < -0.3 is 4.74 Å². The third-order valence-electron chi connectivity index (χ3n) is 4.97. The molecule has 0 saturated carbocycles. The van der Waals surface area contributed by atoms with Crippen molar-refractivity contribution in [1.29, 1.82) is 5.26 Å². The maximum absolute atomic E-state index is 10.0. The van der Waals surface area contributed by atoms with Gasteiger partial charge in [0.25, 0.3) is 0 Å². The first-order valence-electron chi connectivity index (χ1n) is 10.3. The van der Waals surface area contributed by atoms with Crippen molar-refractivity contribution >= 4 is 23.4 Å². The van der Waals surface area contributed by atoms with E-state index in [-0.39, 0.29) is 0 Å². The van der Waals surface area contributed by atoms with E-state index in [1.807, 2.05) is 91.9 Å². The molecule has 1 heterocycles. The van der Waals surface area contributed by atoms with Crippen LogP contribution in [0.4, 0.5) is 0 Å². The molecule has 4 rings (SSSR count). The number of rotatable bonds is 7. The van der Waals surface area contributed by atoms with Crippen molar-refractivity contribution in [1.82, 2.24) is 4.98 Å². The molecule has 0 N–H and O–H groups in total. The summed E-state index contributed by atoms with van der Waals surface area (Å²) < 4.78 is 5.57. The van der Waals surface area contributed by atoms with Crippen LogP contribution < -0.4 is 4.74 Å². The molecule has 0 bridgehead atoms. The van der Waals surface area contributed by atoms with E-state index in [2.05, 4.69) is 6.07 Å². The van der Waals surface area contributed by atoms with Crippen LogP contribution >= 0.6 is 23.4 Å². The molecular formula is C27H21ClN2OS. The molecule has 0 aliphatic heterocycles. The lowest BCUT2D eigenvalue weighted by atomic mass is 9.99. The first-order chi connectivity index (χ1) is 15.7. The summed E-state index contributed by atoms with van der Waals surface area (Å²) in [4.78, 5) is 4.88. The predicted octanol–water partition coefficient (Wildman–Crippen LogP) is 7.63. The van der Waals surface area contributed by atoms with Gasteiger partial charge in [0.05, 0.1) is 17.9 Å². The highest BCUT2D eigenvalue weighted by Gasteiger charge is 2.16. The zero-order valence-corrected chi connectivity index (χ0v) is 19.2. The fourth-order valence-corrected chi connectivity index (χ4v) is 4.67. The molecule has 0 aliphatic rings. The van der Waals surface area contributed by atoms with Crippen molar-refractivity contribution in [3.8, 4) is 34.2 Å². The number of hydrogen-bond donors (Lipinski definition) is 0. The molecule has 4 aromatic rings. The smallest absolute Gasteiger partial charge is 0.119 e.